The zero-order valence-electron chi connectivity index (χ0n) is 8.12. The Morgan fingerprint density at radius 2 is 2.43 bits per heavy atom. The number of nitrogens with two attached hydrogens (primary N) is 1. The molecule has 0 unspecified atom stereocenters. The van der Waals surface area contributed by atoms with E-state index in [2.05, 4.69) is 9.69 Å². The van der Waals surface area contributed by atoms with E-state index in [1.165, 1.54) is 11.5 Å². The van der Waals surface area contributed by atoms with Crippen molar-refractivity contribution in [1.82, 2.24) is 4.37 Å². The predicted molar refractivity (Wildman–Crippen MR) is 57.9 cm³/mol. The third-order valence-electron chi connectivity index (χ3n) is 1.58. The lowest BCUT2D eigenvalue weighted by atomic mass is 10.4. The summed E-state index contributed by atoms with van der Waals surface area (Å²) < 4.78 is 9.32. The third-order valence-corrected chi connectivity index (χ3v) is 2.38. The predicted octanol–water partition coefficient (Wildman–Crippen LogP) is 0.918. The summed E-state index contributed by atoms with van der Waals surface area (Å²) in [6.07, 6.45) is 0.698. The Bertz CT molecular complexity index is 278. The highest BCUT2D eigenvalue weighted by Crippen LogP contribution is 2.34. The number of ether oxygens (including phenoxy) is 1. The summed E-state index contributed by atoms with van der Waals surface area (Å²) in [5, 5.41) is 12.6. The van der Waals surface area contributed by atoms with Crippen LogP contribution < -0.4 is 15.8 Å². The Hall–Kier alpha value is -1.01. The van der Waals surface area contributed by atoms with E-state index in [4.69, 9.17) is 15.6 Å². The van der Waals surface area contributed by atoms with Crippen LogP contribution in [0.15, 0.2) is 0 Å². The van der Waals surface area contributed by atoms with Gasteiger partial charge in [-0.25, -0.2) is 0 Å². The quantitative estimate of drug-likeness (QED) is 0.617. The number of nitrogens with one attached hydrogen (secondary N) is 1. The Morgan fingerprint density at radius 1 is 1.64 bits per heavy atom. The first kappa shape index (κ1) is 11.1. The highest BCUT2D eigenvalue weighted by molar-refractivity contribution is 7.11. The SMILES string of the molecule is CCOc1c(N)nsc1NCCCO. The standard InChI is InChI=1S/C8H15N3O2S/c1-2-13-6-7(9)11-14-8(6)10-4-3-5-12/h10,12H,2-5H2,1H3,(H2,9,11). The van der Waals surface area contributed by atoms with E-state index < -0.39 is 0 Å². The third kappa shape index (κ3) is 2.74. The number of hydrogen-bond acceptors (Lipinski definition) is 6. The summed E-state index contributed by atoms with van der Waals surface area (Å²) >= 11 is 1.27. The number of rotatable bonds is 6. The molecule has 0 saturated carbocycles. The maximum atomic E-state index is 8.61. The fourth-order valence-corrected chi connectivity index (χ4v) is 1.66. The van der Waals surface area contributed by atoms with Gasteiger partial charge in [-0.1, -0.05) is 0 Å². The van der Waals surface area contributed by atoms with Crippen LogP contribution in [0.4, 0.5) is 10.8 Å². The van der Waals surface area contributed by atoms with Crippen molar-refractivity contribution in [2.45, 2.75) is 13.3 Å². The molecule has 0 saturated heterocycles. The summed E-state index contributed by atoms with van der Waals surface area (Å²) in [4.78, 5) is 0. The normalized spacial score (nSPS) is 10.1. The largest absolute Gasteiger partial charge is 0.487 e. The Balaban J connectivity index is 2.56. The van der Waals surface area contributed by atoms with Crippen LogP contribution in [0.3, 0.4) is 0 Å². The first-order valence-corrected chi connectivity index (χ1v) is 5.29. The van der Waals surface area contributed by atoms with Crippen molar-refractivity contribution in [3.8, 4) is 5.75 Å². The summed E-state index contributed by atoms with van der Waals surface area (Å²) in [6.45, 7) is 3.33. The van der Waals surface area contributed by atoms with Gasteiger partial charge in [0.25, 0.3) is 0 Å². The van der Waals surface area contributed by atoms with Gasteiger partial charge < -0.3 is 20.9 Å². The first-order chi connectivity index (χ1) is 6.79. The molecule has 5 nitrogen and oxygen atoms in total. The second-order valence-corrected chi connectivity index (χ2v) is 3.44. The molecule has 0 spiro atoms. The molecule has 1 aromatic heterocycles. The number of aliphatic hydroxyl groups is 1. The highest BCUT2D eigenvalue weighted by Gasteiger charge is 2.11. The van der Waals surface area contributed by atoms with Gasteiger partial charge in [-0.3, -0.25) is 0 Å². The molecule has 1 rings (SSSR count). The lowest BCUT2D eigenvalue weighted by Crippen LogP contribution is -2.04. The number of hydrogen-bond donors (Lipinski definition) is 3. The summed E-state index contributed by atoms with van der Waals surface area (Å²) in [7, 11) is 0. The van der Waals surface area contributed by atoms with Crippen LogP contribution in [-0.2, 0) is 0 Å². The lowest BCUT2D eigenvalue weighted by molar-refractivity contribution is 0.292. The molecule has 0 fully saturated rings. The Kier molecular flexibility index (Phi) is 4.48. The van der Waals surface area contributed by atoms with Gasteiger partial charge in [0.2, 0.25) is 0 Å². The van der Waals surface area contributed by atoms with Crippen LogP contribution in [0.1, 0.15) is 13.3 Å². The van der Waals surface area contributed by atoms with Crippen LogP contribution in [0.2, 0.25) is 0 Å². The van der Waals surface area contributed by atoms with Crippen LogP contribution in [0.25, 0.3) is 0 Å². The van der Waals surface area contributed by atoms with Crippen molar-refractivity contribution < 1.29 is 9.84 Å². The average Bonchev–Trinajstić information content (AvgIpc) is 2.51. The highest BCUT2D eigenvalue weighted by atomic mass is 32.1. The molecule has 6 heteroatoms. The van der Waals surface area contributed by atoms with Gasteiger partial charge >= 0.3 is 0 Å². The Labute approximate surface area is 87.1 Å². The molecule has 0 aromatic carbocycles. The van der Waals surface area contributed by atoms with E-state index in [0.717, 1.165) is 5.00 Å². The topological polar surface area (TPSA) is 80.4 Å². The number of aromatic nitrogens is 1. The fraction of sp³-hybridized carbons (Fsp3) is 0.625. The molecular weight excluding hydrogens is 202 g/mol. The molecule has 0 atom stereocenters. The van der Waals surface area contributed by atoms with Crippen molar-refractivity contribution in [3.05, 3.63) is 0 Å². The number of anilines is 2. The average molecular weight is 217 g/mol. The molecule has 0 amide bonds. The van der Waals surface area contributed by atoms with E-state index in [-0.39, 0.29) is 6.61 Å². The van der Waals surface area contributed by atoms with Crippen molar-refractivity contribution in [2.24, 2.45) is 0 Å². The zero-order valence-corrected chi connectivity index (χ0v) is 8.93. The monoisotopic (exact) mass is 217 g/mol. The molecule has 0 radical (unpaired) electrons. The Morgan fingerprint density at radius 3 is 3.07 bits per heavy atom. The van der Waals surface area contributed by atoms with Crippen LogP contribution in [-0.4, -0.2) is 29.2 Å². The fourth-order valence-electron chi connectivity index (χ4n) is 0.971. The minimum Gasteiger partial charge on any atom is -0.487 e. The smallest absolute Gasteiger partial charge is 0.197 e. The molecular formula is C8H15N3O2S. The van der Waals surface area contributed by atoms with Crippen molar-refractivity contribution >= 4 is 22.4 Å². The van der Waals surface area contributed by atoms with E-state index in [9.17, 15) is 0 Å². The second-order valence-electron chi connectivity index (χ2n) is 2.66. The molecule has 0 aliphatic rings. The zero-order chi connectivity index (χ0) is 10.4. The van der Waals surface area contributed by atoms with Crippen LogP contribution in [0, 0.1) is 0 Å². The molecule has 0 aliphatic heterocycles. The first-order valence-electron chi connectivity index (χ1n) is 4.52. The van der Waals surface area contributed by atoms with Crippen molar-refractivity contribution in [3.63, 3.8) is 0 Å². The molecule has 4 N–H and O–H groups in total. The summed E-state index contributed by atoms with van der Waals surface area (Å²) in [5.41, 5.74) is 5.62. The van der Waals surface area contributed by atoms with Gasteiger partial charge in [-0.15, -0.1) is 0 Å². The second kappa shape index (κ2) is 5.66. The van der Waals surface area contributed by atoms with E-state index in [1.54, 1.807) is 0 Å². The van der Waals surface area contributed by atoms with Gasteiger partial charge in [-0.2, -0.15) is 4.37 Å². The van der Waals surface area contributed by atoms with Gasteiger partial charge in [-0.05, 0) is 24.9 Å². The maximum Gasteiger partial charge on any atom is 0.197 e. The summed E-state index contributed by atoms with van der Waals surface area (Å²) in [5.74, 6) is 1.04. The molecule has 1 heterocycles. The molecule has 0 aliphatic carbocycles. The minimum atomic E-state index is 0.172. The lowest BCUT2D eigenvalue weighted by Gasteiger charge is -2.06. The van der Waals surface area contributed by atoms with E-state index in [0.29, 0.717) is 31.1 Å². The number of nitrogen functional groups attached to an aromatic ring is 1. The molecule has 14 heavy (non-hydrogen) atoms. The number of nitrogens with zero attached hydrogens (tertiary/aromatic N) is 1. The van der Waals surface area contributed by atoms with Crippen molar-refractivity contribution in [1.29, 1.82) is 0 Å². The number of aliphatic hydroxyl groups excluding tert-OH is 1. The molecule has 1 aromatic rings. The van der Waals surface area contributed by atoms with Gasteiger partial charge in [0.15, 0.2) is 16.6 Å². The summed E-state index contributed by atoms with van der Waals surface area (Å²) in [6, 6.07) is 0. The van der Waals surface area contributed by atoms with Gasteiger partial charge in [0.05, 0.1) is 6.61 Å². The molecule has 80 valence electrons. The minimum absolute atomic E-state index is 0.172. The van der Waals surface area contributed by atoms with Crippen LogP contribution in [0.5, 0.6) is 5.75 Å². The van der Waals surface area contributed by atoms with Gasteiger partial charge in [0, 0.05) is 13.2 Å². The van der Waals surface area contributed by atoms with E-state index >= 15 is 0 Å². The van der Waals surface area contributed by atoms with Crippen molar-refractivity contribution in [2.75, 3.05) is 30.8 Å². The molecule has 0 bridgehead atoms. The van der Waals surface area contributed by atoms with E-state index in [1.807, 2.05) is 6.92 Å². The van der Waals surface area contributed by atoms with Crippen LogP contribution >= 0.6 is 11.5 Å². The van der Waals surface area contributed by atoms with Gasteiger partial charge in [0.1, 0.15) is 0 Å². The maximum absolute atomic E-state index is 8.61.